The number of nitrogens with two attached hydrogens (primary N) is 1. The van der Waals surface area contributed by atoms with E-state index in [4.69, 9.17) is 10.5 Å². The van der Waals surface area contributed by atoms with Crippen molar-refractivity contribution in [2.45, 2.75) is 26.8 Å². The van der Waals surface area contributed by atoms with E-state index in [1.165, 1.54) is 41.8 Å². The number of nitrogens with zero attached hydrogens (tertiary/aromatic N) is 3. The van der Waals surface area contributed by atoms with Gasteiger partial charge in [-0.3, -0.25) is 24.3 Å². The highest BCUT2D eigenvalue weighted by atomic mass is 32.2. The van der Waals surface area contributed by atoms with Crippen LogP contribution in [0.4, 0.5) is 5.13 Å². The molecule has 1 rings (SSSR count). The first-order chi connectivity index (χ1) is 13.3. The fourth-order valence-electron chi connectivity index (χ4n) is 1.87. The second kappa shape index (κ2) is 13.1. The highest BCUT2D eigenvalue weighted by Crippen LogP contribution is 2.18. The fourth-order valence-corrected chi connectivity index (χ4v) is 3.32. The molecule has 0 radical (unpaired) electrons. The predicted octanol–water partition coefficient (Wildman–Crippen LogP) is 0.586. The number of hydrogen-bond donors (Lipinski definition) is 2. The summed E-state index contributed by atoms with van der Waals surface area (Å²) in [5.41, 5.74) is 8.45. The van der Waals surface area contributed by atoms with Crippen molar-refractivity contribution in [2.75, 3.05) is 36.1 Å². The number of amidine groups is 1. The molecule has 156 valence electrons. The van der Waals surface area contributed by atoms with Crippen LogP contribution in [0.15, 0.2) is 16.6 Å². The van der Waals surface area contributed by atoms with Crippen LogP contribution in [0.25, 0.3) is 0 Å². The monoisotopic (exact) mass is 431 g/mol. The molecule has 0 saturated heterocycles. The summed E-state index contributed by atoms with van der Waals surface area (Å²) in [6.45, 7) is 5.02. The molecule has 12 heteroatoms. The van der Waals surface area contributed by atoms with Crippen molar-refractivity contribution in [1.82, 2.24) is 10.5 Å². The number of hydroxylamine groups is 1. The van der Waals surface area contributed by atoms with E-state index in [0.29, 0.717) is 29.0 Å². The summed E-state index contributed by atoms with van der Waals surface area (Å²) >= 11 is 2.79. The summed E-state index contributed by atoms with van der Waals surface area (Å²) in [5, 5.41) is 2.26. The first-order valence-electron chi connectivity index (χ1n) is 8.43. The number of carbonyl (C=O) groups excluding carboxylic acids is 3. The molecule has 28 heavy (non-hydrogen) atoms. The topological polar surface area (TPSA) is 136 Å². The van der Waals surface area contributed by atoms with Gasteiger partial charge in [0, 0.05) is 36.9 Å². The Labute approximate surface area is 171 Å². The van der Waals surface area contributed by atoms with Crippen LogP contribution in [0.1, 0.15) is 20.8 Å². The number of aromatic nitrogens is 1. The van der Waals surface area contributed by atoms with E-state index < -0.39 is 18.0 Å². The van der Waals surface area contributed by atoms with Gasteiger partial charge in [-0.1, -0.05) is 0 Å². The average Bonchev–Trinajstić information content (AvgIpc) is 3.16. The zero-order valence-electron chi connectivity index (χ0n) is 16.0. The van der Waals surface area contributed by atoms with E-state index in [1.54, 1.807) is 18.5 Å². The van der Waals surface area contributed by atoms with Crippen LogP contribution in [-0.4, -0.2) is 65.9 Å². The average molecular weight is 432 g/mol. The molecule has 0 aliphatic heterocycles. The minimum Gasteiger partial charge on any atom is -0.464 e. The molecule has 0 aliphatic carbocycles. The Morgan fingerprint density at radius 1 is 1.36 bits per heavy atom. The second-order valence-electron chi connectivity index (χ2n) is 5.49. The van der Waals surface area contributed by atoms with Crippen LogP contribution in [0.3, 0.4) is 0 Å². The summed E-state index contributed by atoms with van der Waals surface area (Å²) < 4.78 is 4.92. The van der Waals surface area contributed by atoms with Gasteiger partial charge in [-0.15, -0.1) is 11.3 Å². The van der Waals surface area contributed by atoms with E-state index in [-0.39, 0.29) is 19.1 Å². The third-order valence-electron chi connectivity index (χ3n) is 3.08. The Hall–Kier alpha value is -2.18. The number of carbonyl (C=O) groups is 3. The maximum Gasteiger partial charge on any atom is 0.329 e. The zero-order valence-corrected chi connectivity index (χ0v) is 17.7. The van der Waals surface area contributed by atoms with Crippen LogP contribution in [0, 0.1) is 0 Å². The minimum absolute atomic E-state index is 0.0733. The van der Waals surface area contributed by atoms with Crippen LogP contribution in [0.2, 0.25) is 0 Å². The van der Waals surface area contributed by atoms with E-state index in [0.717, 1.165) is 0 Å². The predicted molar refractivity (Wildman–Crippen MR) is 109 cm³/mol. The molecule has 10 nitrogen and oxygen atoms in total. The van der Waals surface area contributed by atoms with Crippen LogP contribution in [-0.2, 0) is 24.0 Å². The lowest BCUT2D eigenvalue weighted by atomic mass is 10.3. The maximum absolute atomic E-state index is 12.7. The Morgan fingerprint density at radius 2 is 2.11 bits per heavy atom. The number of nitrogens with one attached hydrogen (secondary N) is 1. The molecule has 1 atom stereocenters. The highest BCUT2D eigenvalue weighted by Gasteiger charge is 2.24. The maximum atomic E-state index is 12.7. The van der Waals surface area contributed by atoms with Gasteiger partial charge in [0.2, 0.25) is 5.91 Å². The highest BCUT2D eigenvalue weighted by molar-refractivity contribution is 7.99. The fraction of sp³-hybridized carbons (Fsp3) is 0.562. The zero-order chi connectivity index (χ0) is 20.9. The number of anilines is 1. The third-order valence-corrected chi connectivity index (χ3v) is 4.94. The number of amides is 1. The summed E-state index contributed by atoms with van der Waals surface area (Å²) in [4.78, 5) is 48.6. The summed E-state index contributed by atoms with van der Waals surface area (Å²) in [6, 6.07) is -0.726. The van der Waals surface area contributed by atoms with Crippen molar-refractivity contribution in [3.63, 3.8) is 0 Å². The molecule has 0 aromatic carbocycles. The Kier molecular flexibility index (Phi) is 11.1. The lowest BCUT2D eigenvalue weighted by Gasteiger charge is -2.23. The first-order valence-corrected chi connectivity index (χ1v) is 10.5. The van der Waals surface area contributed by atoms with Crippen LogP contribution >= 0.6 is 23.1 Å². The number of hydrogen-bond acceptors (Lipinski definition) is 10. The normalized spacial score (nSPS) is 12.2. The van der Waals surface area contributed by atoms with Crippen LogP contribution in [0.5, 0.6) is 0 Å². The molecular weight excluding hydrogens is 406 g/mol. The number of esters is 1. The van der Waals surface area contributed by atoms with Crippen LogP contribution < -0.4 is 16.1 Å². The van der Waals surface area contributed by atoms with Crippen molar-refractivity contribution in [3.05, 3.63) is 11.6 Å². The molecule has 0 unspecified atom stereocenters. The molecule has 1 amide bonds. The summed E-state index contributed by atoms with van der Waals surface area (Å²) in [7, 11) is 0. The van der Waals surface area contributed by atoms with E-state index in [2.05, 4.69) is 20.3 Å². The van der Waals surface area contributed by atoms with E-state index >= 15 is 0 Å². The standard InChI is InChI=1S/C16H25N5O5S2/c1-11(20-26-13(3)23)18-4-8-27-10-14(17)15(24)21(6-7-25-12(2)22)16-19-5-9-28-16/h5,9,14H,4,6-8,10,17H2,1-3H3,(H,18,20)/t14-/m0/s1. The van der Waals surface area contributed by atoms with Crippen molar-refractivity contribution in [3.8, 4) is 0 Å². The van der Waals surface area contributed by atoms with E-state index in [1.807, 2.05) is 0 Å². The van der Waals surface area contributed by atoms with Gasteiger partial charge in [-0.05, 0) is 6.92 Å². The lowest BCUT2D eigenvalue weighted by Crippen LogP contribution is -2.46. The first kappa shape index (κ1) is 23.9. The SMILES string of the molecule is CC(=O)OCCN(C(=O)[C@@H](N)CSCCN=C(C)NOC(C)=O)c1nccs1. The molecule has 0 spiro atoms. The van der Waals surface area contributed by atoms with Gasteiger partial charge in [-0.25, -0.2) is 10.5 Å². The van der Waals surface area contributed by atoms with Crippen molar-refractivity contribution < 1.29 is 24.0 Å². The number of aliphatic imine (C=N–C) groups is 1. The van der Waals surface area contributed by atoms with E-state index in [9.17, 15) is 14.4 Å². The van der Waals surface area contributed by atoms with Gasteiger partial charge in [0.25, 0.3) is 0 Å². The Morgan fingerprint density at radius 3 is 2.71 bits per heavy atom. The summed E-state index contributed by atoms with van der Waals surface area (Å²) in [5.74, 6) is 0.380. The number of ether oxygens (including phenoxy) is 1. The molecule has 0 bridgehead atoms. The Bertz CT molecular complexity index is 668. The molecule has 1 heterocycles. The second-order valence-corrected chi connectivity index (χ2v) is 7.51. The molecular formula is C16H25N5O5S2. The minimum atomic E-state index is -0.726. The molecule has 0 fully saturated rings. The van der Waals surface area contributed by atoms with Crippen molar-refractivity contribution in [2.24, 2.45) is 10.7 Å². The number of rotatable bonds is 10. The van der Waals surface area contributed by atoms with Crippen molar-refractivity contribution >= 4 is 51.9 Å². The van der Waals surface area contributed by atoms with Gasteiger partial charge in [0.15, 0.2) is 5.13 Å². The Balaban J connectivity index is 2.44. The van der Waals surface area contributed by atoms with Gasteiger partial charge in [-0.2, -0.15) is 11.8 Å². The quantitative estimate of drug-likeness (QED) is 0.179. The van der Waals surface area contributed by atoms with Gasteiger partial charge in [0.05, 0.1) is 19.1 Å². The molecule has 3 N–H and O–H groups in total. The number of thioether (sulfide) groups is 1. The lowest BCUT2D eigenvalue weighted by molar-refractivity contribution is -0.145. The van der Waals surface area contributed by atoms with Gasteiger partial charge < -0.3 is 15.3 Å². The van der Waals surface area contributed by atoms with Gasteiger partial charge in [0.1, 0.15) is 12.4 Å². The molecule has 1 aromatic rings. The largest absolute Gasteiger partial charge is 0.464 e. The van der Waals surface area contributed by atoms with Gasteiger partial charge >= 0.3 is 11.9 Å². The smallest absolute Gasteiger partial charge is 0.329 e. The molecule has 0 saturated carbocycles. The van der Waals surface area contributed by atoms with Crippen molar-refractivity contribution in [1.29, 1.82) is 0 Å². The number of thiazole rings is 1. The summed E-state index contributed by atoms with van der Waals surface area (Å²) in [6.07, 6.45) is 1.59. The third kappa shape index (κ3) is 9.67. The molecule has 0 aliphatic rings. The molecule has 1 aromatic heterocycles.